The Morgan fingerprint density at radius 2 is 2.25 bits per heavy atom. The van der Waals surface area contributed by atoms with E-state index in [2.05, 4.69) is 28.8 Å². The van der Waals surface area contributed by atoms with Crippen molar-refractivity contribution >= 4 is 39.7 Å². The molecule has 0 N–H and O–H groups in total. The molecule has 0 aliphatic carbocycles. The molecule has 3 nitrogen and oxygen atoms in total. The summed E-state index contributed by atoms with van der Waals surface area (Å²) in [6.45, 7) is 5.35. The largest absolute Gasteiger partial charge is 0.343 e. The van der Waals surface area contributed by atoms with Gasteiger partial charge in [0.25, 0.3) is 0 Å². The van der Waals surface area contributed by atoms with E-state index < -0.39 is 0 Å². The molecule has 0 amide bonds. The first kappa shape index (κ1) is 12.4. The molecule has 1 atom stereocenters. The van der Waals surface area contributed by atoms with Gasteiger partial charge >= 0.3 is 0 Å². The molecule has 1 saturated heterocycles. The van der Waals surface area contributed by atoms with Crippen molar-refractivity contribution in [1.82, 2.24) is 9.88 Å². The van der Waals surface area contributed by atoms with E-state index in [0.29, 0.717) is 17.1 Å². The number of rotatable bonds is 2. The molecule has 1 aliphatic heterocycles. The molecule has 1 aliphatic rings. The number of hydrogen-bond donors (Lipinski definition) is 0. The molecule has 1 unspecified atom stereocenters. The van der Waals surface area contributed by atoms with Gasteiger partial charge in [0.15, 0.2) is 5.13 Å². The topological polar surface area (TPSA) is 19.4 Å². The van der Waals surface area contributed by atoms with Crippen LogP contribution >= 0.6 is 34.5 Å². The minimum absolute atomic E-state index is 0.443. The van der Waals surface area contributed by atoms with Gasteiger partial charge in [0, 0.05) is 25.7 Å². The van der Waals surface area contributed by atoms with Crippen LogP contribution in [0.2, 0.25) is 5.15 Å². The average Bonchev–Trinajstić information content (AvgIpc) is 2.59. The zero-order valence-corrected chi connectivity index (χ0v) is 11.7. The lowest BCUT2D eigenvalue weighted by Gasteiger charge is -2.38. The molecule has 0 spiro atoms. The molecular formula is C10H15Cl2N3S. The van der Waals surface area contributed by atoms with Gasteiger partial charge in [-0.25, -0.2) is 4.98 Å². The first-order valence-electron chi connectivity index (χ1n) is 5.28. The monoisotopic (exact) mass is 279 g/mol. The summed E-state index contributed by atoms with van der Waals surface area (Å²) in [5.74, 6) is 0.443. The van der Waals surface area contributed by atoms with E-state index in [1.54, 1.807) is 11.3 Å². The summed E-state index contributed by atoms with van der Waals surface area (Å²) in [5.41, 5.74) is 0. The SMILES string of the molecule is CC1CN(C)CCN1c1nc(Cl)c(CCl)s1. The highest BCUT2D eigenvalue weighted by atomic mass is 35.5. The van der Waals surface area contributed by atoms with E-state index in [0.717, 1.165) is 29.6 Å². The van der Waals surface area contributed by atoms with Crippen LogP contribution < -0.4 is 4.90 Å². The van der Waals surface area contributed by atoms with Crippen LogP contribution in [0.4, 0.5) is 5.13 Å². The number of hydrogen-bond acceptors (Lipinski definition) is 4. The van der Waals surface area contributed by atoms with Crippen molar-refractivity contribution in [3.8, 4) is 0 Å². The number of aromatic nitrogens is 1. The van der Waals surface area contributed by atoms with E-state index in [1.807, 2.05) is 0 Å². The lowest BCUT2D eigenvalue weighted by Crippen LogP contribution is -2.50. The number of anilines is 1. The number of thiazole rings is 1. The molecule has 2 rings (SSSR count). The van der Waals surface area contributed by atoms with E-state index in [4.69, 9.17) is 23.2 Å². The van der Waals surface area contributed by atoms with Crippen LogP contribution in [0.3, 0.4) is 0 Å². The zero-order valence-electron chi connectivity index (χ0n) is 9.41. The summed E-state index contributed by atoms with van der Waals surface area (Å²) < 4.78 is 0. The molecule has 1 aromatic rings. The van der Waals surface area contributed by atoms with Crippen LogP contribution in [-0.2, 0) is 5.88 Å². The number of likely N-dealkylation sites (N-methyl/N-ethyl adjacent to an activating group) is 1. The van der Waals surface area contributed by atoms with Crippen molar-refractivity contribution < 1.29 is 0 Å². The lowest BCUT2D eigenvalue weighted by molar-refractivity contribution is 0.275. The lowest BCUT2D eigenvalue weighted by atomic mass is 10.2. The molecule has 6 heteroatoms. The second-order valence-corrected chi connectivity index (χ2v) is 5.84. The maximum Gasteiger partial charge on any atom is 0.187 e. The third-order valence-electron chi connectivity index (χ3n) is 2.84. The molecular weight excluding hydrogens is 265 g/mol. The van der Waals surface area contributed by atoms with E-state index >= 15 is 0 Å². The fourth-order valence-electron chi connectivity index (χ4n) is 1.95. The summed E-state index contributed by atoms with van der Waals surface area (Å²) in [6, 6.07) is 0.476. The number of alkyl halides is 1. The van der Waals surface area contributed by atoms with E-state index in [1.165, 1.54) is 0 Å². The minimum atomic E-state index is 0.443. The maximum absolute atomic E-state index is 6.02. The van der Waals surface area contributed by atoms with Gasteiger partial charge in [-0.3, -0.25) is 0 Å². The Morgan fingerprint density at radius 3 is 2.81 bits per heavy atom. The van der Waals surface area contributed by atoms with Crippen molar-refractivity contribution in [1.29, 1.82) is 0 Å². The Hall–Kier alpha value is -0.0300. The van der Waals surface area contributed by atoms with Crippen LogP contribution in [0.5, 0.6) is 0 Å². The fourth-order valence-corrected chi connectivity index (χ4v) is 3.55. The fraction of sp³-hybridized carbons (Fsp3) is 0.700. The summed E-state index contributed by atoms with van der Waals surface area (Å²) in [5, 5.41) is 1.56. The number of piperazine rings is 1. The average molecular weight is 280 g/mol. The standard InChI is InChI=1S/C10H15Cl2N3S/c1-7-6-14(2)3-4-15(7)10-13-9(12)8(5-11)16-10/h7H,3-6H2,1-2H3. The molecule has 1 fully saturated rings. The van der Waals surface area contributed by atoms with Crippen LogP contribution in [0.25, 0.3) is 0 Å². The van der Waals surface area contributed by atoms with Crippen LogP contribution in [0.15, 0.2) is 0 Å². The maximum atomic E-state index is 6.02. The molecule has 0 aromatic carbocycles. The molecule has 1 aromatic heterocycles. The van der Waals surface area contributed by atoms with Gasteiger partial charge in [-0.1, -0.05) is 22.9 Å². The predicted octanol–water partition coefficient (Wildman–Crippen LogP) is 2.68. The summed E-state index contributed by atoms with van der Waals surface area (Å²) in [6.07, 6.45) is 0. The summed E-state index contributed by atoms with van der Waals surface area (Å²) in [7, 11) is 2.15. The molecule has 2 heterocycles. The van der Waals surface area contributed by atoms with Crippen molar-refractivity contribution in [2.24, 2.45) is 0 Å². The highest BCUT2D eigenvalue weighted by Gasteiger charge is 2.24. The van der Waals surface area contributed by atoms with E-state index in [9.17, 15) is 0 Å². The smallest absolute Gasteiger partial charge is 0.187 e. The molecule has 16 heavy (non-hydrogen) atoms. The van der Waals surface area contributed by atoms with E-state index in [-0.39, 0.29) is 0 Å². The van der Waals surface area contributed by atoms with Crippen LogP contribution in [0, 0.1) is 0 Å². The van der Waals surface area contributed by atoms with Crippen molar-refractivity contribution in [3.05, 3.63) is 10.0 Å². The predicted molar refractivity (Wildman–Crippen MR) is 71.0 cm³/mol. The summed E-state index contributed by atoms with van der Waals surface area (Å²) >= 11 is 13.4. The van der Waals surface area contributed by atoms with Crippen LogP contribution in [-0.4, -0.2) is 42.6 Å². The first-order valence-corrected chi connectivity index (χ1v) is 7.01. The molecule has 0 radical (unpaired) electrons. The quantitative estimate of drug-likeness (QED) is 0.776. The van der Waals surface area contributed by atoms with Gasteiger partial charge in [0.1, 0.15) is 5.15 Å². The third-order valence-corrected chi connectivity index (χ3v) is 4.78. The summed E-state index contributed by atoms with van der Waals surface area (Å²) in [4.78, 5) is 9.99. The van der Waals surface area contributed by atoms with Gasteiger partial charge < -0.3 is 9.80 Å². The number of nitrogens with zero attached hydrogens (tertiary/aromatic N) is 3. The minimum Gasteiger partial charge on any atom is -0.343 e. The Kier molecular flexibility index (Phi) is 3.95. The molecule has 0 bridgehead atoms. The Morgan fingerprint density at radius 1 is 1.50 bits per heavy atom. The zero-order chi connectivity index (χ0) is 11.7. The van der Waals surface area contributed by atoms with Gasteiger partial charge in [0.05, 0.1) is 10.8 Å². The second-order valence-electron chi connectivity index (χ2n) is 4.15. The van der Waals surface area contributed by atoms with Crippen molar-refractivity contribution in [2.45, 2.75) is 18.8 Å². The Balaban J connectivity index is 2.17. The Labute approximate surface area is 110 Å². The molecule has 90 valence electrons. The van der Waals surface area contributed by atoms with Crippen LogP contribution in [0.1, 0.15) is 11.8 Å². The first-order chi connectivity index (χ1) is 7.61. The highest BCUT2D eigenvalue weighted by Crippen LogP contribution is 2.32. The van der Waals surface area contributed by atoms with Crippen molar-refractivity contribution in [3.63, 3.8) is 0 Å². The van der Waals surface area contributed by atoms with Crippen molar-refractivity contribution in [2.75, 3.05) is 31.6 Å². The van der Waals surface area contributed by atoms with Gasteiger partial charge in [0.2, 0.25) is 0 Å². The van der Waals surface area contributed by atoms with Gasteiger partial charge in [-0.2, -0.15) is 0 Å². The van der Waals surface area contributed by atoms with Gasteiger partial charge in [-0.15, -0.1) is 11.6 Å². The number of halogens is 2. The normalized spacial score (nSPS) is 22.8. The highest BCUT2D eigenvalue weighted by molar-refractivity contribution is 7.16. The van der Waals surface area contributed by atoms with Gasteiger partial charge in [-0.05, 0) is 14.0 Å². The Bertz CT molecular complexity index is 369. The second kappa shape index (κ2) is 5.08. The molecule has 0 saturated carbocycles. The third kappa shape index (κ3) is 2.45.